The molecule has 0 saturated carbocycles. The largest absolute Gasteiger partial charge is 0.383 e. The number of hydrogen-bond acceptors (Lipinski definition) is 4. The van der Waals surface area contributed by atoms with Gasteiger partial charge in [0.25, 0.3) is 5.91 Å². The number of carbonyl (C=O) groups excluding carboxylic acids is 1. The molecule has 1 N–H and O–H groups in total. The number of carbonyl (C=O) groups is 1. The van der Waals surface area contributed by atoms with Gasteiger partial charge < -0.3 is 10.1 Å². The predicted molar refractivity (Wildman–Crippen MR) is 87.6 cm³/mol. The Morgan fingerprint density at radius 1 is 1.30 bits per heavy atom. The quantitative estimate of drug-likeness (QED) is 0.729. The van der Waals surface area contributed by atoms with Crippen LogP contribution in [0.3, 0.4) is 0 Å². The highest BCUT2D eigenvalue weighted by Gasteiger charge is 2.11. The minimum absolute atomic E-state index is 0.170. The number of methoxy groups -OCH3 is 1. The van der Waals surface area contributed by atoms with E-state index in [4.69, 9.17) is 16.3 Å². The van der Waals surface area contributed by atoms with E-state index in [1.54, 1.807) is 31.5 Å². The summed E-state index contributed by atoms with van der Waals surface area (Å²) in [5.41, 5.74) is 1.99. The molecule has 6 nitrogen and oxygen atoms in total. The van der Waals surface area contributed by atoms with Gasteiger partial charge in [-0.15, -0.1) is 10.2 Å². The maximum atomic E-state index is 12.0. The number of rotatable bonds is 5. The summed E-state index contributed by atoms with van der Waals surface area (Å²) in [6.45, 7) is 0.929. The number of aromatic nitrogens is 3. The zero-order valence-electron chi connectivity index (χ0n) is 12.5. The van der Waals surface area contributed by atoms with Crippen molar-refractivity contribution in [2.75, 3.05) is 20.3 Å². The van der Waals surface area contributed by atoms with Gasteiger partial charge in [0.1, 0.15) is 0 Å². The first kappa shape index (κ1) is 15.5. The monoisotopic (exact) mass is 330 g/mol. The molecule has 2 heterocycles. The lowest BCUT2D eigenvalue weighted by atomic mass is 10.2. The third-order valence-corrected chi connectivity index (χ3v) is 3.58. The van der Waals surface area contributed by atoms with Gasteiger partial charge in [-0.25, -0.2) is 0 Å². The second kappa shape index (κ2) is 6.76. The lowest BCUT2D eigenvalue weighted by molar-refractivity contribution is 0.0937. The third kappa shape index (κ3) is 3.33. The molecule has 0 radical (unpaired) electrons. The Labute approximate surface area is 138 Å². The first-order valence-electron chi connectivity index (χ1n) is 7.07. The maximum absolute atomic E-state index is 12.0. The van der Waals surface area contributed by atoms with E-state index in [0.717, 1.165) is 5.56 Å². The third-order valence-electron chi connectivity index (χ3n) is 3.35. The van der Waals surface area contributed by atoms with E-state index in [1.807, 2.05) is 22.6 Å². The Kier molecular flexibility index (Phi) is 4.55. The van der Waals surface area contributed by atoms with Crippen molar-refractivity contribution in [3.8, 4) is 11.4 Å². The lowest BCUT2D eigenvalue weighted by Crippen LogP contribution is -2.26. The molecule has 0 unspecified atom stereocenters. The molecule has 2 aromatic heterocycles. The molecule has 0 bridgehead atoms. The van der Waals surface area contributed by atoms with E-state index < -0.39 is 0 Å². The molecule has 0 aliphatic carbocycles. The SMILES string of the molecule is COCCNC(=O)c1ccn2c(-c3cccc(Cl)c3)nnc2c1. The fourth-order valence-electron chi connectivity index (χ4n) is 2.23. The van der Waals surface area contributed by atoms with Gasteiger partial charge in [0.15, 0.2) is 11.5 Å². The van der Waals surface area contributed by atoms with Gasteiger partial charge in [0.2, 0.25) is 0 Å². The number of amides is 1. The average Bonchev–Trinajstić information content (AvgIpc) is 2.98. The van der Waals surface area contributed by atoms with Crippen LogP contribution in [0.5, 0.6) is 0 Å². The van der Waals surface area contributed by atoms with Crippen molar-refractivity contribution in [2.45, 2.75) is 0 Å². The summed E-state index contributed by atoms with van der Waals surface area (Å²) in [6.07, 6.45) is 1.77. The number of nitrogens with zero attached hydrogens (tertiary/aromatic N) is 3. The summed E-state index contributed by atoms with van der Waals surface area (Å²) < 4.78 is 6.73. The molecule has 23 heavy (non-hydrogen) atoms. The van der Waals surface area contributed by atoms with Gasteiger partial charge >= 0.3 is 0 Å². The van der Waals surface area contributed by atoms with E-state index >= 15 is 0 Å². The van der Waals surface area contributed by atoms with Gasteiger partial charge in [-0.3, -0.25) is 9.20 Å². The van der Waals surface area contributed by atoms with Crippen LogP contribution in [0.15, 0.2) is 42.6 Å². The van der Waals surface area contributed by atoms with Crippen molar-refractivity contribution in [1.29, 1.82) is 0 Å². The zero-order valence-corrected chi connectivity index (χ0v) is 13.2. The Morgan fingerprint density at radius 2 is 2.17 bits per heavy atom. The highest BCUT2D eigenvalue weighted by atomic mass is 35.5. The first-order chi connectivity index (χ1) is 11.2. The number of fused-ring (bicyclic) bond motifs is 1. The second-order valence-electron chi connectivity index (χ2n) is 4.93. The number of pyridine rings is 1. The molecule has 7 heteroatoms. The molecule has 0 aliphatic rings. The lowest BCUT2D eigenvalue weighted by Gasteiger charge is -2.05. The van der Waals surface area contributed by atoms with E-state index in [9.17, 15) is 4.79 Å². The molecule has 1 amide bonds. The van der Waals surface area contributed by atoms with Gasteiger partial charge in [-0.05, 0) is 24.3 Å². The van der Waals surface area contributed by atoms with E-state index in [0.29, 0.717) is 35.2 Å². The Balaban J connectivity index is 1.90. The van der Waals surface area contributed by atoms with Crippen molar-refractivity contribution in [3.63, 3.8) is 0 Å². The number of nitrogens with one attached hydrogen (secondary N) is 1. The van der Waals surface area contributed by atoms with Crippen molar-refractivity contribution in [1.82, 2.24) is 19.9 Å². The maximum Gasteiger partial charge on any atom is 0.251 e. The Bertz CT molecular complexity index is 847. The van der Waals surface area contributed by atoms with Crippen molar-refractivity contribution in [2.24, 2.45) is 0 Å². The summed E-state index contributed by atoms with van der Waals surface area (Å²) >= 11 is 6.02. The van der Waals surface area contributed by atoms with E-state index in [1.165, 1.54) is 0 Å². The van der Waals surface area contributed by atoms with Crippen LogP contribution in [-0.4, -0.2) is 40.8 Å². The van der Waals surface area contributed by atoms with E-state index in [2.05, 4.69) is 15.5 Å². The molecule has 0 saturated heterocycles. The van der Waals surface area contributed by atoms with Gasteiger partial charge in [0.05, 0.1) is 6.61 Å². The summed E-state index contributed by atoms with van der Waals surface area (Å²) in [7, 11) is 1.59. The summed E-state index contributed by atoms with van der Waals surface area (Å²) in [6, 6.07) is 10.8. The van der Waals surface area contributed by atoms with E-state index in [-0.39, 0.29) is 5.91 Å². The average molecular weight is 331 g/mol. The molecular weight excluding hydrogens is 316 g/mol. The summed E-state index contributed by atoms with van der Waals surface area (Å²) in [5, 5.41) is 11.7. The molecule has 0 atom stereocenters. The molecule has 1 aromatic carbocycles. The minimum atomic E-state index is -0.170. The van der Waals surface area contributed by atoms with Crippen LogP contribution in [-0.2, 0) is 4.74 Å². The van der Waals surface area contributed by atoms with Gasteiger partial charge in [0, 0.05) is 36.0 Å². The van der Waals surface area contributed by atoms with Crippen LogP contribution in [0.1, 0.15) is 10.4 Å². The smallest absolute Gasteiger partial charge is 0.251 e. The van der Waals surface area contributed by atoms with Crippen molar-refractivity contribution < 1.29 is 9.53 Å². The first-order valence-corrected chi connectivity index (χ1v) is 7.44. The second-order valence-corrected chi connectivity index (χ2v) is 5.36. The van der Waals surface area contributed by atoms with Gasteiger partial charge in [-0.1, -0.05) is 23.7 Å². The fourth-order valence-corrected chi connectivity index (χ4v) is 2.42. The standard InChI is InChI=1S/C16H15ClN4O2/c1-23-8-6-18-16(22)12-5-7-21-14(10-12)19-20-15(21)11-3-2-4-13(17)9-11/h2-5,7,9-10H,6,8H2,1H3,(H,18,22). The molecule has 3 aromatic rings. The van der Waals surface area contributed by atoms with Crippen LogP contribution in [0.2, 0.25) is 5.02 Å². The number of benzene rings is 1. The topological polar surface area (TPSA) is 68.5 Å². The Hall–Kier alpha value is -2.44. The van der Waals surface area contributed by atoms with Crippen LogP contribution in [0.4, 0.5) is 0 Å². The Morgan fingerprint density at radius 3 is 2.96 bits per heavy atom. The normalized spacial score (nSPS) is 10.9. The molecule has 0 fully saturated rings. The highest BCUT2D eigenvalue weighted by Crippen LogP contribution is 2.22. The molecule has 118 valence electrons. The highest BCUT2D eigenvalue weighted by molar-refractivity contribution is 6.30. The summed E-state index contributed by atoms with van der Waals surface area (Å²) in [5.74, 6) is 0.505. The van der Waals surface area contributed by atoms with Crippen molar-refractivity contribution in [3.05, 3.63) is 53.2 Å². The van der Waals surface area contributed by atoms with Gasteiger partial charge in [-0.2, -0.15) is 0 Å². The van der Waals surface area contributed by atoms with Crippen molar-refractivity contribution >= 4 is 23.2 Å². The van der Waals surface area contributed by atoms with Crippen LogP contribution >= 0.6 is 11.6 Å². The number of hydrogen-bond donors (Lipinski definition) is 1. The molecular formula is C16H15ClN4O2. The molecule has 0 aliphatic heterocycles. The molecule has 3 rings (SSSR count). The number of ether oxygens (including phenoxy) is 1. The predicted octanol–water partition coefficient (Wildman–Crippen LogP) is 2.43. The van der Waals surface area contributed by atoms with Crippen LogP contribution in [0.25, 0.3) is 17.0 Å². The molecule has 0 spiro atoms. The number of halogens is 1. The van der Waals surface area contributed by atoms with Crippen LogP contribution in [0, 0.1) is 0 Å². The summed E-state index contributed by atoms with van der Waals surface area (Å²) in [4.78, 5) is 12.0. The fraction of sp³-hybridized carbons (Fsp3) is 0.188. The van der Waals surface area contributed by atoms with Crippen LogP contribution < -0.4 is 5.32 Å². The minimum Gasteiger partial charge on any atom is -0.383 e. The zero-order chi connectivity index (χ0) is 16.2.